The molecule has 2 nitrogen and oxygen atoms in total. The first-order chi connectivity index (χ1) is 9.06. The zero-order valence-corrected chi connectivity index (χ0v) is 13.0. The second kappa shape index (κ2) is 6.19. The van der Waals surface area contributed by atoms with Gasteiger partial charge in [-0.3, -0.25) is 4.79 Å². The molecule has 0 aromatic heterocycles. The number of ketones is 1. The summed E-state index contributed by atoms with van der Waals surface area (Å²) in [6.07, 6.45) is 0.137. The normalized spacial score (nSPS) is 10.5. The van der Waals surface area contributed by atoms with E-state index in [9.17, 15) is 4.79 Å². The Bertz CT molecular complexity index is 556. The third kappa shape index (κ3) is 3.80. The molecule has 0 N–H and O–H groups in total. The van der Waals surface area contributed by atoms with Crippen molar-refractivity contribution < 1.29 is 9.53 Å². The Hall–Kier alpha value is -1.36. The lowest BCUT2D eigenvalue weighted by Crippen LogP contribution is -2.06. The van der Waals surface area contributed by atoms with Crippen LogP contribution in [0.1, 0.15) is 29.8 Å². The van der Waals surface area contributed by atoms with Crippen LogP contribution < -0.4 is 4.74 Å². The molecule has 0 saturated carbocycles. The number of carbonyl (C=O) groups excluding carboxylic acids is 1. The summed E-state index contributed by atoms with van der Waals surface area (Å²) in [5.41, 5.74) is 1.38. The quantitative estimate of drug-likeness (QED) is 0.596. The van der Waals surface area contributed by atoms with Crippen LogP contribution in [0.25, 0.3) is 0 Å². The van der Waals surface area contributed by atoms with Gasteiger partial charge >= 0.3 is 0 Å². The Morgan fingerprint density at radius 1 is 0.947 bits per heavy atom. The molecule has 0 radical (unpaired) electrons. The lowest BCUT2D eigenvalue weighted by Gasteiger charge is -2.09. The van der Waals surface area contributed by atoms with Crippen molar-refractivity contribution in [1.29, 1.82) is 0 Å². The molecule has 2 rings (SSSR count). The maximum Gasteiger partial charge on any atom is 0.193 e. The monoisotopic (exact) mass is 366 g/mol. The molecule has 0 aliphatic heterocycles. The van der Waals surface area contributed by atoms with Crippen LogP contribution in [0.2, 0.25) is 0 Å². The number of halogens is 1. The average Bonchev–Trinajstić information content (AvgIpc) is 2.39. The number of benzene rings is 2. The van der Waals surface area contributed by atoms with E-state index in [1.165, 1.54) is 0 Å². The first kappa shape index (κ1) is 14.1. The van der Waals surface area contributed by atoms with Crippen molar-refractivity contribution in [2.24, 2.45) is 0 Å². The van der Waals surface area contributed by atoms with Gasteiger partial charge in [-0.05, 0) is 85.0 Å². The Morgan fingerprint density at radius 3 is 1.89 bits per heavy atom. The second-order valence-corrected chi connectivity index (χ2v) is 5.77. The Balaban J connectivity index is 2.17. The Kier molecular flexibility index (Phi) is 4.58. The summed E-state index contributed by atoms with van der Waals surface area (Å²) in [4.78, 5) is 12.2. The fraction of sp³-hybridized carbons (Fsp3) is 0.188. The molecule has 0 aliphatic carbocycles. The molecule has 2 aromatic carbocycles. The Morgan fingerprint density at radius 2 is 1.42 bits per heavy atom. The summed E-state index contributed by atoms with van der Waals surface area (Å²) >= 11 is 2.22. The summed E-state index contributed by atoms with van der Waals surface area (Å²) < 4.78 is 6.68. The van der Waals surface area contributed by atoms with Gasteiger partial charge in [0.1, 0.15) is 5.75 Å². The van der Waals surface area contributed by atoms with E-state index in [2.05, 4.69) is 22.6 Å². The SMILES string of the molecule is CC(C)Oc1ccc(C(=O)c2ccc(I)cc2)cc1. The molecule has 0 spiro atoms. The Labute approximate surface area is 126 Å². The first-order valence-electron chi connectivity index (χ1n) is 6.13. The highest BCUT2D eigenvalue weighted by Crippen LogP contribution is 2.17. The van der Waals surface area contributed by atoms with E-state index in [0.29, 0.717) is 11.1 Å². The highest BCUT2D eigenvalue weighted by atomic mass is 127. The smallest absolute Gasteiger partial charge is 0.193 e. The number of rotatable bonds is 4. The van der Waals surface area contributed by atoms with Crippen LogP contribution in [0.5, 0.6) is 5.75 Å². The van der Waals surface area contributed by atoms with Gasteiger partial charge in [-0.15, -0.1) is 0 Å². The predicted molar refractivity (Wildman–Crippen MR) is 84.8 cm³/mol. The molecule has 0 amide bonds. The fourth-order valence-corrected chi connectivity index (χ4v) is 2.08. The van der Waals surface area contributed by atoms with Crippen LogP contribution in [-0.2, 0) is 0 Å². The van der Waals surface area contributed by atoms with Crippen LogP contribution in [0.3, 0.4) is 0 Å². The zero-order chi connectivity index (χ0) is 13.8. The summed E-state index contributed by atoms with van der Waals surface area (Å²) in [6.45, 7) is 3.95. The third-order valence-electron chi connectivity index (χ3n) is 2.59. The van der Waals surface area contributed by atoms with Crippen LogP contribution >= 0.6 is 22.6 Å². The molecule has 0 fully saturated rings. The van der Waals surface area contributed by atoms with Crippen LogP contribution in [-0.4, -0.2) is 11.9 Å². The van der Waals surface area contributed by atoms with Crippen LogP contribution in [0, 0.1) is 3.57 Å². The molecule has 0 aliphatic rings. The zero-order valence-electron chi connectivity index (χ0n) is 10.9. The third-order valence-corrected chi connectivity index (χ3v) is 3.31. The lowest BCUT2D eigenvalue weighted by molar-refractivity contribution is 0.103. The van der Waals surface area contributed by atoms with Crippen molar-refractivity contribution >= 4 is 28.4 Å². The van der Waals surface area contributed by atoms with Gasteiger partial charge in [0.2, 0.25) is 0 Å². The van der Waals surface area contributed by atoms with Gasteiger partial charge in [0.15, 0.2) is 5.78 Å². The van der Waals surface area contributed by atoms with Crippen LogP contribution in [0.4, 0.5) is 0 Å². The van der Waals surface area contributed by atoms with Crippen LogP contribution in [0.15, 0.2) is 48.5 Å². The average molecular weight is 366 g/mol. The number of ether oxygens (including phenoxy) is 1. The molecular weight excluding hydrogens is 351 g/mol. The molecule has 0 atom stereocenters. The van der Waals surface area contributed by atoms with Gasteiger partial charge in [-0.25, -0.2) is 0 Å². The maximum absolute atomic E-state index is 12.2. The summed E-state index contributed by atoms with van der Waals surface area (Å²) in [6, 6.07) is 14.8. The summed E-state index contributed by atoms with van der Waals surface area (Å²) in [5, 5.41) is 0. The molecule has 0 unspecified atom stereocenters. The topological polar surface area (TPSA) is 26.3 Å². The van der Waals surface area contributed by atoms with Gasteiger partial charge in [-0.2, -0.15) is 0 Å². The molecule has 0 heterocycles. The number of hydrogen-bond donors (Lipinski definition) is 0. The van der Waals surface area contributed by atoms with Gasteiger partial charge in [0.25, 0.3) is 0 Å². The van der Waals surface area contributed by atoms with Crippen molar-refractivity contribution in [1.82, 2.24) is 0 Å². The van der Waals surface area contributed by atoms with Crippen molar-refractivity contribution in [3.63, 3.8) is 0 Å². The van der Waals surface area contributed by atoms with Crippen molar-refractivity contribution in [2.45, 2.75) is 20.0 Å². The predicted octanol–water partition coefficient (Wildman–Crippen LogP) is 4.31. The minimum atomic E-state index is 0.0347. The standard InChI is InChI=1S/C16H15IO2/c1-11(2)19-15-9-5-13(6-10-15)16(18)12-3-7-14(17)8-4-12/h3-11H,1-2H3. The van der Waals surface area contributed by atoms with Crippen molar-refractivity contribution in [3.8, 4) is 5.75 Å². The number of hydrogen-bond acceptors (Lipinski definition) is 2. The largest absolute Gasteiger partial charge is 0.491 e. The molecule has 0 bridgehead atoms. The summed E-state index contributed by atoms with van der Waals surface area (Å²) in [7, 11) is 0. The van der Waals surface area contributed by atoms with E-state index in [0.717, 1.165) is 9.32 Å². The molecule has 2 aromatic rings. The molecule has 98 valence electrons. The van der Waals surface area contributed by atoms with E-state index in [4.69, 9.17) is 4.74 Å². The first-order valence-corrected chi connectivity index (χ1v) is 7.21. The van der Waals surface area contributed by atoms with E-state index in [1.807, 2.05) is 50.2 Å². The number of carbonyl (C=O) groups is 1. The van der Waals surface area contributed by atoms with E-state index in [1.54, 1.807) is 12.1 Å². The summed E-state index contributed by atoms with van der Waals surface area (Å²) in [5.74, 6) is 0.821. The van der Waals surface area contributed by atoms with E-state index < -0.39 is 0 Å². The molecule has 19 heavy (non-hydrogen) atoms. The molecular formula is C16H15IO2. The fourth-order valence-electron chi connectivity index (χ4n) is 1.72. The highest BCUT2D eigenvalue weighted by molar-refractivity contribution is 14.1. The maximum atomic E-state index is 12.2. The van der Waals surface area contributed by atoms with Gasteiger partial charge < -0.3 is 4.74 Å². The minimum Gasteiger partial charge on any atom is -0.491 e. The van der Waals surface area contributed by atoms with Crippen molar-refractivity contribution in [2.75, 3.05) is 0 Å². The van der Waals surface area contributed by atoms with E-state index >= 15 is 0 Å². The van der Waals surface area contributed by atoms with E-state index in [-0.39, 0.29) is 11.9 Å². The molecule has 0 saturated heterocycles. The second-order valence-electron chi connectivity index (χ2n) is 4.53. The minimum absolute atomic E-state index is 0.0347. The van der Waals surface area contributed by atoms with Gasteiger partial charge in [0, 0.05) is 14.7 Å². The van der Waals surface area contributed by atoms with Gasteiger partial charge in [-0.1, -0.05) is 0 Å². The molecule has 3 heteroatoms. The highest BCUT2D eigenvalue weighted by Gasteiger charge is 2.09. The van der Waals surface area contributed by atoms with Crippen molar-refractivity contribution in [3.05, 3.63) is 63.2 Å². The lowest BCUT2D eigenvalue weighted by atomic mass is 10.0. The van der Waals surface area contributed by atoms with Gasteiger partial charge in [0.05, 0.1) is 6.10 Å².